The predicted molar refractivity (Wildman–Crippen MR) is 144 cm³/mol. The van der Waals surface area contributed by atoms with Gasteiger partial charge in [0, 0.05) is 6.92 Å². The summed E-state index contributed by atoms with van der Waals surface area (Å²) in [5, 5.41) is 2.43. The fourth-order valence-corrected chi connectivity index (χ4v) is 5.70. The molecule has 0 heterocycles. The number of esters is 1. The van der Waals surface area contributed by atoms with Crippen molar-refractivity contribution < 1.29 is 14.3 Å². The summed E-state index contributed by atoms with van der Waals surface area (Å²) in [4.78, 5) is 11.5. The van der Waals surface area contributed by atoms with Crippen LogP contribution in [0.5, 0.6) is 11.5 Å². The molecule has 0 aliphatic heterocycles. The number of fused-ring (bicyclic) bond motifs is 4. The number of carbonyl (C=O) groups excluding carboxylic acids is 1. The molecular weight excluding hydrogens is 444 g/mol. The first-order chi connectivity index (χ1) is 17.5. The van der Waals surface area contributed by atoms with Crippen molar-refractivity contribution in [2.75, 3.05) is 7.11 Å². The van der Waals surface area contributed by atoms with E-state index in [4.69, 9.17) is 9.47 Å². The fourth-order valence-electron chi connectivity index (χ4n) is 5.70. The quantitative estimate of drug-likeness (QED) is 0.198. The van der Waals surface area contributed by atoms with Crippen LogP contribution in [-0.2, 0) is 10.2 Å². The smallest absolute Gasteiger partial charge is 0.308 e. The van der Waals surface area contributed by atoms with Crippen LogP contribution in [0, 0.1) is 6.92 Å². The lowest BCUT2D eigenvalue weighted by atomic mass is 9.67. The summed E-state index contributed by atoms with van der Waals surface area (Å²) >= 11 is 0. The van der Waals surface area contributed by atoms with Crippen LogP contribution < -0.4 is 9.47 Å². The normalized spacial score (nSPS) is 15.9. The molecule has 0 fully saturated rings. The van der Waals surface area contributed by atoms with Gasteiger partial charge in [-0.05, 0) is 87.5 Å². The summed E-state index contributed by atoms with van der Waals surface area (Å²) in [5.74, 6) is 1.03. The van der Waals surface area contributed by atoms with Gasteiger partial charge in [0.25, 0.3) is 0 Å². The van der Waals surface area contributed by atoms with Crippen LogP contribution in [0.4, 0.5) is 0 Å². The summed E-state index contributed by atoms with van der Waals surface area (Å²) in [6.07, 6.45) is 0. The molecule has 0 saturated heterocycles. The van der Waals surface area contributed by atoms with Crippen molar-refractivity contribution in [2.24, 2.45) is 0 Å². The van der Waals surface area contributed by atoms with Crippen LogP contribution in [-0.4, -0.2) is 13.1 Å². The van der Waals surface area contributed by atoms with Crippen molar-refractivity contribution in [3.05, 3.63) is 131 Å². The first-order valence-corrected chi connectivity index (χ1v) is 12.1. The third-order valence-corrected chi connectivity index (χ3v) is 7.23. The minimum atomic E-state index is -0.538. The molecule has 0 bridgehead atoms. The van der Waals surface area contributed by atoms with Gasteiger partial charge in [0.2, 0.25) is 0 Å². The van der Waals surface area contributed by atoms with Gasteiger partial charge >= 0.3 is 5.97 Å². The highest BCUT2D eigenvalue weighted by Crippen LogP contribution is 2.57. The third kappa shape index (κ3) is 3.31. The fraction of sp³-hybridized carbons (Fsp3) is 0.121. The Bertz CT molecular complexity index is 1610. The summed E-state index contributed by atoms with van der Waals surface area (Å²) in [6.45, 7) is 3.56. The van der Waals surface area contributed by atoms with Crippen LogP contribution in [0.3, 0.4) is 0 Å². The Kier molecular flexibility index (Phi) is 5.15. The molecule has 1 unspecified atom stereocenters. The molecule has 36 heavy (non-hydrogen) atoms. The molecular formula is C33H26O3. The number of hydrogen-bond acceptors (Lipinski definition) is 3. The van der Waals surface area contributed by atoms with Gasteiger partial charge < -0.3 is 9.47 Å². The lowest BCUT2D eigenvalue weighted by Gasteiger charge is -2.34. The maximum absolute atomic E-state index is 11.5. The van der Waals surface area contributed by atoms with E-state index in [-0.39, 0.29) is 5.97 Å². The number of aryl methyl sites for hydroxylation is 1. The van der Waals surface area contributed by atoms with E-state index in [9.17, 15) is 4.79 Å². The molecule has 6 rings (SSSR count). The molecule has 0 amide bonds. The van der Waals surface area contributed by atoms with E-state index in [0.717, 1.165) is 16.9 Å². The number of rotatable bonds is 4. The van der Waals surface area contributed by atoms with E-state index < -0.39 is 5.41 Å². The number of methoxy groups -OCH3 is 1. The molecule has 0 saturated carbocycles. The van der Waals surface area contributed by atoms with Gasteiger partial charge in [-0.3, -0.25) is 4.79 Å². The second-order valence-electron chi connectivity index (χ2n) is 9.39. The first-order valence-electron chi connectivity index (χ1n) is 12.1. The zero-order valence-electron chi connectivity index (χ0n) is 20.5. The second-order valence-corrected chi connectivity index (χ2v) is 9.39. The monoisotopic (exact) mass is 470 g/mol. The lowest BCUT2D eigenvalue weighted by molar-refractivity contribution is -0.131. The average molecular weight is 471 g/mol. The van der Waals surface area contributed by atoms with Crippen molar-refractivity contribution in [1.82, 2.24) is 0 Å². The van der Waals surface area contributed by atoms with Crippen molar-refractivity contribution in [3.8, 4) is 22.6 Å². The van der Waals surface area contributed by atoms with Crippen molar-refractivity contribution in [1.29, 1.82) is 0 Å². The molecule has 176 valence electrons. The highest BCUT2D eigenvalue weighted by molar-refractivity contribution is 5.96. The van der Waals surface area contributed by atoms with Crippen LogP contribution in [0.2, 0.25) is 0 Å². The Morgan fingerprint density at radius 1 is 0.667 bits per heavy atom. The molecule has 0 radical (unpaired) electrons. The molecule has 1 atom stereocenters. The zero-order chi connectivity index (χ0) is 24.9. The van der Waals surface area contributed by atoms with Gasteiger partial charge in [0.05, 0.1) is 12.5 Å². The van der Waals surface area contributed by atoms with Gasteiger partial charge in [-0.25, -0.2) is 0 Å². The molecule has 5 aromatic carbocycles. The molecule has 0 N–H and O–H groups in total. The molecule has 1 aliphatic carbocycles. The van der Waals surface area contributed by atoms with Crippen molar-refractivity contribution in [2.45, 2.75) is 19.3 Å². The van der Waals surface area contributed by atoms with E-state index >= 15 is 0 Å². The van der Waals surface area contributed by atoms with Gasteiger partial charge in [-0.15, -0.1) is 0 Å². The van der Waals surface area contributed by atoms with Crippen molar-refractivity contribution in [3.63, 3.8) is 0 Å². The van der Waals surface area contributed by atoms with E-state index in [0.29, 0.717) is 5.75 Å². The molecule has 1 aliphatic rings. The summed E-state index contributed by atoms with van der Waals surface area (Å²) in [6, 6.07) is 36.2. The number of benzene rings is 5. The molecule has 3 heteroatoms. The standard InChI is InChI=1S/C33H26O3/c1-21-8-17-31-29(18-21)30-19-23-6-4-5-7-24(23)20-32(30)33(31,25-9-13-27(35-3)14-10-25)26-11-15-28(16-12-26)36-22(2)34/h4-20H,1-3H3. The Hall–Kier alpha value is -4.37. The van der Waals surface area contributed by atoms with Gasteiger partial charge in [0.15, 0.2) is 0 Å². The third-order valence-electron chi connectivity index (χ3n) is 7.23. The van der Waals surface area contributed by atoms with Gasteiger partial charge in [-0.1, -0.05) is 72.3 Å². The van der Waals surface area contributed by atoms with E-state index in [1.807, 2.05) is 24.3 Å². The van der Waals surface area contributed by atoms with Gasteiger partial charge in [-0.2, -0.15) is 0 Å². The Morgan fingerprint density at radius 3 is 1.86 bits per heavy atom. The summed E-state index contributed by atoms with van der Waals surface area (Å²) in [5.41, 5.74) is 7.93. The maximum Gasteiger partial charge on any atom is 0.308 e. The van der Waals surface area contributed by atoms with Crippen LogP contribution >= 0.6 is 0 Å². The van der Waals surface area contributed by atoms with Crippen molar-refractivity contribution >= 4 is 16.7 Å². The minimum Gasteiger partial charge on any atom is -0.497 e. The highest BCUT2D eigenvalue weighted by atomic mass is 16.5. The number of hydrogen-bond donors (Lipinski definition) is 0. The number of ether oxygens (including phenoxy) is 2. The zero-order valence-corrected chi connectivity index (χ0v) is 20.5. The minimum absolute atomic E-state index is 0.328. The molecule has 0 aromatic heterocycles. The topological polar surface area (TPSA) is 35.5 Å². The molecule has 3 nitrogen and oxygen atoms in total. The Balaban J connectivity index is 1.72. The van der Waals surface area contributed by atoms with Gasteiger partial charge in [0.1, 0.15) is 11.5 Å². The summed E-state index contributed by atoms with van der Waals surface area (Å²) < 4.78 is 10.8. The van der Waals surface area contributed by atoms with Crippen LogP contribution in [0.1, 0.15) is 34.7 Å². The first kappa shape index (κ1) is 22.1. The van der Waals surface area contributed by atoms with Crippen LogP contribution in [0.25, 0.3) is 21.9 Å². The highest BCUT2D eigenvalue weighted by Gasteiger charge is 2.46. The van der Waals surface area contributed by atoms with Crippen LogP contribution in [0.15, 0.2) is 103 Å². The number of carbonyl (C=O) groups is 1. The lowest BCUT2D eigenvalue weighted by Crippen LogP contribution is -2.28. The average Bonchev–Trinajstić information content (AvgIpc) is 3.17. The maximum atomic E-state index is 11.5. The largest absolute Gasteiger partial charge is 0.497 e. The predicted octanol–water partition coefficient (Wildman–Crippen LogP) is 7.45. The van der Waals surface area contributed by atoms with E-state index in [2.05, 4.69) is 85.8 Å². The van der Waals surface area contributed by atoms with E-state index in [1.54, 1.807) is 7.11 Å². The Morgan fingerprint density at radius 2 is 1.25 bits per heavy atom. The molecule has 5 aromatic rings. The Labute approximate surface area is 210 Å². The molecule has 0 spiro atoms. The SMILES string of the molecule is COc1ccc(C2(c3ccc(OC(C)=O)cc3)c3ccc(C)cc3-c3cc4ccccc4cc32)cc1. The second kappa shape index (κ2) is 8.39. The summed E-state index contributed by atoms with van der Waals surface area (Å²) in [7, 11) is 1.69. The van der Waals surface area contributed by atoms with E-state index in [1.165, 1.54) is 45.5 Å².